The molecule has 25 heavy (non-hydrogen) atoms. The Balaban J connectivity index is 1.52. The molecule has 0 atom stereocenters. The smallest absolute Gasteiger partial charge is 0.227 e. The molecule has 0 aliphatic rings. The van der Waals surface area contributed by atoms with Crippen molar-refractivity contribution in [3.8, 4) is 10.6 Å². The van der Waals surface area contributed by atoms with Crippen molar-refractivity contribution in [1.82, 2.24) is 4.98 Å². The summed E-state index contributed by atoms with van der Waals surface area (Å²) in [5.41, 5.74) is 1.54. The van der Waals surface area contributed by atoms with Gasteiger partial charge in [0.2, 0.25) is 5.91 Å². The van der Waals surface area contributed by atoms with E-state index >= 15 is 0 Å². The quantitative estimate of drug-likeness (QED) is 0.663. The highest BCUT2D eigenvalue weighted by Crippen LogP contribution is 2.28. The first kappa shape index (κ1) is 17.8. The van der Waals surface area contributed by atoms with E-state index in [4.69, 9.17) is 0 Å². The summed E-state index contributed by atoms with van der Waals surface area (Å²) in [6, 6.07) is 12.9. The fourth-order valence-electron chi connectivity index (χ4n) is 2.20. The zero-order valence-electron chi connectivity index (χ0n) is 13.2. The lowest BCUT2D eigenvalue weighted by Gasteiger charge is -2.05. The van der Waals surface area contributed by atoms with Gasteiger partial charge in [-0.3, -0.25) is 4.79 Å². The lowest BCUT2D eigenvalue weighted by molar-refractivity contribution is -0.115. The van der Waals surface area contributed by atoms with E-state index in [0.29, 0.717) is 5.13 Å². The molecule has 1 amide bonds. The van der Waals surface area contributed by atoms with E-state index < -0.39 is 9.84 Å². The lowest BCUT2D eigenvalue weighted by atomic mass is 10.2. The minimum absolute atomic E-state index is 0.0547. The SMILES string of the molecule is O=C(CCS(=O)(=O)Cc1ccccc1)Nc1nc(-c2cccs2)cs1. The van der Waals surface area contributed by atoms with Crippen molar-refractivity contribution in [1.29, 1.82) is 0 Å². The van der Waals surface area contributed by atoms with Crippen molar-refractivity contribution in [2.45, 2.75) is 12.2 Å². The highest BCUT2D eigenvalue weighted by atomic mass is 32.2. The van der Waals surface area contributed by atoms with Crippen LogP contribution in [-0.4, -0.2) is 25.1 Å². The van der Waals surface area contributed by atoms with Gasteiger partial charge in [-0.25, -0.2) is 13.4 Å². The van der Waals surface area contributed by atoms with E-state index in [1.807, 2.05) is 29.0 Å². The normalized spacial score (nSPS) is 11.4. The second-order valence-electron chi connectivity index (χ2n) is 5.39. The van der Waals surface area contributed by atoms with Gasteiger partial charge in [-0.05, 0) is 17.0 Å². The van der Waals surface area contributed by atoms with Crippen molar-refractivity contribution in [2.75, 3.05) is 11.1 Å². The summed E-state index contributed by atoms with van der Waals surface area (Å²) in [5, 5.41) is 6.98. The van der Waals surface area contributed by atoms with E-state index in [1.165, 1.54) is 11.3 Å². The summed E-state index contributed by atoms with van der Waals surface area (Å²) in [6.45, 7) is 0. The molecule has 1 N–H and O–H groups in total. The Kier molecular flexibility index (Phi) is 5.62. The Morgan fingerprint density at radius 2 is 1.88 bits per heavy atom. The van der Waals surface area contributed by atoms with Gasteiger partial charge in [0.25, 0.3) is 0 Å². The van der Waals surface area contributed by atoms with Crippen molar-refractivity contribution in [3.05, 3.63) is 58.8 Å². The molecule has 0 saturated heterocycles. The first-order valence-electron chi connectivity index (χ1n) is 7.55. The molecule has 8 heteroatoms. The van der Waals surface area contributed by atoms with Gasteiger partial charge in [-0.15, -0.1) is 22.7 Å². The van der Waals surface area contributed by atoms with Gasteiger partial charge >= 0.3 is 0 Å². The van der Waals surface area contributed by atoms with Crippen LogP contribution in [0.3, 0.4) is 0 Å². The molecule has 0 unspecified atom stereocenters. The minimum Gasteiger partial charge on any atom is -0.302 e. The number of nitrogens with one attached hydrogen (secondary N) is 1. The number of amides is 1. The second-order valence-corrected chi connectivity index (χ2v) is 9.38. The molecule has 0 spiro atoms. The highest BCUT2D eigenvalue weighted by Gasteiger charge is 2.15. The summed E-state index contributed by atoms with van der Waals surface area (Å²) in [5.74, 6) is -0.582. The number of hydrogen-bond donors (Lipinski definition) is 1. The number of hydrogen-bond acceptors (Lipinski definition) is 6. The van der Waals surface area contributed by atoms with Gasteiger partial charge in [-0.1, -0.05) is 36.4 Å². The summed E-state index contributed by atoms with van der Waals surface area (Å²) < 4.78 is 24.2. The predicted molar refractivity (Wildman–Crippen MR) is 103 cm³/mol. The van der Waals surface area contributed by atoms with Gasteiger partial charge < -0.3 is 5.32 Å². The molecule has 0 aliphatic heterocycles. The lowest BCUT2D eigenvalue weighted by Crippen LogP contribution is -2.18. The van der Waals surface area contributed by atoms with E-state index in [9.17, 15) is 13.2 Å². The number of thiophene rings is 1. The summed E-state index contributed by atoms with van der Waals surface area (Å²) in [6.07, 6.45) is -0.0803. The van der Waals surface area contributed by atoms with Gasteiger partial charge in [0.15, 0.2) is 15.0 Å². The zero-order chi connectivity index (χ0) is 17.7. The summed E-state index contributed by atoms with van der Waals surface area (Å²) >= 11 is 2.90. The fraction of sp³-hybridized carbons (Fsp3) is 0.176. The maximum atomic E-state index is 12.1. The van der Waals surface area contributed by atoms with Crippen molar-refractivity contribution >= 4 is 43.5 Å². The van der Waals surface area contributed by atoms with Crippen LogP contribution in [0.1, 0.15) is 12.0 Å². The van der Waals surface area contributed by atoms with Gasteiger partial charge in [0.05, 0.1) is 22.1 Å². The van der Waals surface area contributed by atoms with Gasteiger partial charge in [0.1, 0.15) is 0 Å². The average molecular weight is 393 g/mol. The molecular formula is C17H16N2O3S3. The minimum atomic E-state index is -3.33. The van der Waals surface area contributed by atoms with Crippen LogP contribution in [0.5, 0.6) is 0 Å². The Morgan fingerprint density at radius 1 is 1.08 bits per heavy atom. The van der Waals surface area contributed by atoms with Crippen LogP contribution >= 0.6 is 22.7 Å². The number of thiazole rings is 1. The number of nitrogens with zero attached hydrogens (tertiary/aromatic N) is 1. The number of aromatic nitrogens is 1. The van der Waals surface area contributed by atoms with Crippen LogP contribution in [-0.2, 0) is 20.4 Å². The first-order chi connectivity index (χ1) is 12.0. The number of benzene rings is 1. The maximum Gasteiger partial charge on any atom is 0.227 e. The molecule has 0 saturated carbocycles. The average Bonchev–Trinajstić information content (AvgIpc) is 3.25. The van der Waals surface area contributed by atoms with E-state index in [0.717, 1.165) is 16.1 Å². The van der Waals surface area contributed by atoms with E-state index in [2.05, 4.69) is 10.3 Å². The van der Waals surface area contributed by atoms with Crippen molar-refractivity contribution in [2.24, 2.45) is 0 Å². The fourth-order valence-corrected chi connectivity index (χ4v) is 5.03. The Bertz CT molecular complexity index is 933. The number of carbonyl (C=O) groups excluding carboxylic acids is 1. The van der Waals surface area contributed by atoms with Crippen molar-refractivity contribution in [3.63, 3.8) is 0 Å². The van der Waals surface area contributed by atoms with Crippen LogP contribution in [0.25, 0.3) is 10.6 Å². The number of carbonyl (C=O) groups is 1. The molecule has 0 radical (unpaired) electrons. The molecule has 2 heterocycles. The van der Waals surface area contributed by atoms with Crippen LogP contribution in [0, 0.1) is 0 Å². The third kappa shape index (κ3) is 5.22. The zero-order valence-corrected chi connectivity index (χ0v) is 15.7. The molecule has 2 aromatic heterocycles. The second kappa shape index (κ2) is 7.90. The monoisotopic (exact) mass is 392 g/mol. The Hall–Kier alpha value is -2.03. The van der Waals surface area contributed by atoms with E-state index in [1.54, 1.807) is 35.6 Å². The van der Waals surface area contributed by atoms with Crippen molar-refractivity contribution < 1.29 is 13.2 Å². The number of anilines is 1. The van der Waals surface area contributed by atoms with E-state index in [-0.39, 0.29) is 23.8 Å². The molecule has 5 nitrogen and oxygen atoms in total. The standard InChI is InChI=1S/C17H16N2O3S3/c20-16(8-10-25(21,22)12-13-5-2-1-3-6-13)19-17-18-14(11-24-17)15-7-4-9-23-15/h1-7,9,11H,8,10,12H2,(H,18,19,20). The van der Waals surface area contributed by atoms with Gasteiger partial charge in [0, 0.05) is 11.8 Å². The third-order valence-corrected chi connectivity index (χ3v) is 6.64. The first-order valence-corrected chi connectivity index (χ1v) is 11.1. The molecular weight excluding hydrogens is 376 g/mol. The van der Waals surface area contributed by atoms with Crippen LogP contribution < -0.4 is 5.32 Å². The molecule has 0 bridgehead atoms. The molecule has 3 aromatic rings. The van der Waals surface area contributed by atoms with Crippen LogP contribution in [0.4, 0.5) is 5.13 Å². The molecule has 0 fully saturated rings. The van der Waals surface area contributed by atoms with Gasteiger partial charge in [-0.2, -0.15) is 0 Å². The summed E-state index contributed by atoms with van der Waals surface area (Å²) in [4.78, 5) is 17.4. The van der Waals surface area contributed by atoms with Crippen LogP contribution in [0.2, 0.25) is 0 Å². The predicted octanol–water partition coefficient (Wildman–Crippen LogP) is 3.82. The van der Waals surface area contributed by atoms with Crippen LogP contribution in [0.15, 0.2) is 53.2 Å². The summed E-state index contributed by atoms with van der Waals surface area (Å²) in [7, 11) is -3.33. The highest BCUT2D eigenvalue weighted by molar-refractivity contribution is 7.90. The molecule has 0 aliphatic carbocycles. The maximum absolute atomic E-state index is 12.1. The number of rotatable bonds is 7. The number of sulfone groups is 1. The Morgan fingerprint density at radius 3 is 2.60 bits per heavy atom. The Labute approximate surface area is 154 Å². The topological polar surface area (TPSA) is 76.1 Å². The third-order valence-electron chi connectivity index (χ3n) is 3.39. The largest absolute Gasteiger partial charge is 0.302 e. The molecule has 1 aromatic carbocycles. The molecule has 130 valence electrons. The molecule has 3 rings (SSSR count).